The van der Waals surface area contributed by atoms with E-state index in [0.29, 0.717) is 0 Å². The summed E-state index contributed by atoms with van der Waals surface area (Å²) >= 11 is 0. The Morgan fingerprint density at radius 1 is 1.14 bits per heavy atom. The molecule has 0 spiro atoms. The smallest absolute Gasteiger partial charge is 0.323 e. The Morgan fingerprint density at radius 2 is 1.76 bits per heavy atom. The number of nitrogens with one attached hydrogen (secondary N) is 2. The maximum atomic E-state index is 11.9. The van der Waals surface area contributed by atoms with Crippen molar-refractivity contribution in [1.82, 2.24) is 10.6 Å². The van der Waals surface area contributed by atoms with Gasteiger partial charge in [0, 0.05) is 0 Å². The second-order valence-electron chi connectivity index (χ2n) is 5.33. The van der Waals surface area contributed by atoms with Crippen molar-refractivity contribution in [3.63, 3.8) is 0 Å². The van der Waals surface area contributed by atoms with Gasteiger partial charge < -0.3 is 10.1 Å². The maximum Gasteiger partial charge on any atom is 0.323 e. The molecule has 2 N–H and O–H groups in total. The van der Waals surface area contributed by atoms with Gasteiger partial charge in [-0.25, -0.2) is 0 Å². The van der Waals surface area contributed by atoms with Gasteiger partial charge in [-0.15, -0.1) is 0 Å². The number of carbonyl (C=O) groups is 2. The molecule has 0 aromatic heterocycles. The van der Waals surface area contributed by atoms with Crippen molar-refractivity contribution in [2.24, 2.45) is 5.92 Å². The van der Waals surface area contributed by atoms with Crippen molar-refractivity contribution in [1.29, 1.82) is 0 Å². The summed E-state index contributed by atoms with van der Waals surface area (Å²) in [6.45, 7) is 5.81. The molecule has 1 aromatic rings. The number of hydrogen-bond donors (Lipinski definition) is 2. The van der Waals surface area contributed by atoms with Crippen molar-refractivity contribution in [2.45, 2.75) is 32.9 Å². The summed E-state index contributed by atoms with van der Waals surface area (Å²) in [5.74, 6) is -0.452. The molecule has 5 heteroatoms. The predicted molar refractivity (Wildman–Crippen MR) is 81.6 cm³/mol. The van der Waals surface area contributed by atoms with E-state index in [4.69, 9.17) is 4.74 Å². The summed E-state index contributed by atoms with van der Waals surface area (Å²) in [6, 6.07) is 9.17. The zero-order valence-corrected chi connectivity index (χ0v) is 13.1. The minimum Gasteiger partial charge on any atom is -0.468 e. The second kappa shape index (κ2) is 8.42. The van der Waals surface area contributed by atoms with Crippen LogP contribution in [0.3, 0.4) is 0 Å². The first-order valence-corrected chi connectivity index (χ1v) is 7.11. The molecule has 0 aliphatic carbocycles. The van der Waals surface area contributed by atoms with Crippen molar-refractivity contribution in [2.75, 3.05) is 13.7 Å². The van der Waals surface area contributed by atoms with Gasteiger partial charge in [0.05, 0.1) is 19.7 Å². The predicted octanol–water partition coefficient (Wildman–Crippen LogP) is 1.65. The Kier molecular flexibility index (Phi) is 6.88. The molecule has 5 nitrogen and oxygen atoms in total. The first-order valence-electron chi connectivity index (χ1n) is 7.11. The summed E-state index contributed by atoms with van der Waals surface area (Å²) < 4.78 is 4.72. The number of hydrogen-bond acceptors (Lipinski definition) is 4. The Hall–Kier alpha value is -1.88. The summed E-state index contributed by atoms with van der Waals surface area (Å²) in [7, 11) is 1.34. The standard InChI is InChI=1S/C16H24N2O3/c1-11(2)15(16(20)21-4)17-10-14(19)18-12(3)13-8-6-5-7-9-13/h5-9,11-12,15,17H,10H2,1-4H3,(H,18,19). The highest BCUT2D eigenvalue weighted by atomic mass is 16.5. The van der Waals surface area contributed by atoms with E-state index >= 15 is 0 Å². The van der Waals surface area contributed by atoms with Crippen LogP contribution in [-0.2, 0) is 14.3 Å². The van der Waals surface area contributed by atoms with Crippen LogP contribution >= 0.6 is 0 Å². The van der Waals surface area contributed by atoms with Crippen molar-refractivity contribution in [3.8, 4) is 0 Å². The lowest BCUT2D eigenvalue weighted by Gasteiger charge is -2.20. The molecule has 2 atom stereocenters. The molecule has 0 heterocycles. The van der Waals surface area contributed by atoms with Gasteiger partial charge in [-0.1, -0.05) is 44.2 Å². The van der Waals surface area contributed by atoms with Crippen LogP contribution < -0.4 is 10.6 Å². The maximum absolute atomic E-state index is 11.9. The third kappa shape index (κ3) is 5.55. The Balaban J connectivity index is 2.48. The van der Waals surface area contributed by atoms with Gasteiger partial charge in [0.15, 0.2) is 0 Å². The molecule has 1 aromatic carbocycles. The third-order valence-electron chi connectivity index (χ3n) is 3.28. The fourth-order valence-electron chi connectivity index (χ4n) is 2.04. The highest BCUT2D eigenvalue weighted by Crippen LogP contribution is 2.10. The molecule has 21 heavy (non-hydrogen) atoms. The highest BCUT2D eigenvalue weighted by molar-refractivity contribution is 5.80. The summed E-state index contributed by atoms with van der Waals surface area (Å²) in [5, 5.41) is 5.83. The molecule has 0 radical (unpaired) electrons. The minimum absolute atomic E-state index is 0.0526. The Morgan fingerprint density at radius 3 is 2.29 bits per heavy atom. The monoisotopic (exact) mass is 292 g/mol. The molecule has 0 saturated heterocycles. The average Bonchev–Trinajstić information content (AvgIpc) is 2.47. The lowest BCUT2D eigenvalue weighted by molar-refractivity contribution is -0.144. The quantitative estimate of drug-likeness (QED) is 0.750. The van der Waals surface area contributed by atoms with Crippen LogP contribution in [0.5, 0.6) is 0 Å². The van der Waals surface area contributed by atoms with E-state index < -0.39 is 6.04 Å². The zero-order valence-electron chi connectivity index (χ0n) is 13.1. The summed E-state index contributed by atoms with van der Waals surface area (Å²) in [4.78, 5) is 23.5. The van der Waals surface area contributed by atoms with E-state index in [1.165, 1.54) is 7.11 Å². The van der Waals surface area contributed by atoms with Gasteiger partial charge in [-0.2, -0.15) is 0 Å². The SMILES string of the molecule is COC(=O)C(NCC(=O)NC(C)c1ccccc1)C(C)C. The minimum atomic E-state index is -0.479. The molecule has 1 amide bonds. The number of amides is 1. The zero-order chi connectivity index (χ0) is 15.8. The number of methoxy groups -OCH3 is 1. The molecule has 0 fully saturated rings. The van der Waals surface area contributed by atoms with E-state index in [-0.39, 0.29) is 30.4 Å². The summed E-state index contributed by atoms with van der Waals surface area (Å²) in [5.41, 5.74) is 1.04. The average molecular weight is 292 g/mol. The van der Waals surface area contributed by atoms with Gasteiger partial charge in [-0.3, -0.25) is 14.9 Å². The third-order valence-corrected chi connectivity index (χ3v) is 3.28. The van der Waals surface area contributed by atoms with E-state index in [1.807, 2.05) is 51.1 Å². The second-order valence-corrected chi connectivity index (χ2v) is 5.33. The lowest BCUT2D eigenvalue weighted by atomic mass is 10.0. The van der Waals surface area contributed by atoms with Gasteiger partial charge in [0.2, 0.25) is 5.91 Å². The number of carbonyl (C=O) groups excluding carboxylic acids is 2. The first kappa shape index (κ1) is 17.2. The fourth-order valence-corrected chi connectivity index (χ4v) is 2.04. The molecule has 116 valence electrons. The molecule has 1 rings (SSSR count). The number of ether oxygens (including phenoxy) is 1. The van der Waals surface area contributed by atoms with Crippen LogP contribution in [-0.4, -0.2) is 31.6 Å². The number of benzene rings is 1. The largest absolute Gasteiger partial charge is 0.468 e. The van der Waals surface area contributed by atoms with E-state index in [1.54, 1.807) is 0 Å². The van der Waals surface area contributed by atoms with Crippen LogP contribution in [0, 0.1) is 5.92 Å². The van der Waals surface area contributed by atoms with Crippen LogP contribution in [0.15, 0.2) is 30.3 Å². The molecular weight excluding hydrogens is 268 g/mol. The number of esters is 1. The normalized spacial score (nSPS) is 13.6. The highest BCUT2D eigenvalue weighted by Gasteiger charge is 2.23. The van der Waals surface area contributed by atoms with E-state index in [9.17, 15) is 9.59 Å². The van der Waals surface area contributed by atoms with E-state index in [0.717, 1.165) is 5.56 Å². The van der Waals surface area contributed by atoms with Gasteiger partial charge in [0.1, 0.15) is 6.04 Å². The summed E-state index contributed by atoms with van der Waals surface area (Å²) in [6.07, 6.45) is 0. The Labute approximate surface area is 126 Å². The Bertz CT molecular complexity index is 460. The van der Waals surface area contributed by atoms with Gasteiger partial charge in [-0.05, 0) is 18.4 Å². The molecular formula is C16H24N2O3. The molecule has 0 bridgehead atoms. The van der Waals surface area contributed by atoms with Crippen LogP contribution in [0.1, 0.15) is 32.4 Å². The van der Waals surface area contributed by atoms with Crippen molar-refractivity contribution < 1.29 is 14.3 Å². The topological polar surface area (TPSA) is 67.4 Å². The van der Waals surface area contributed by atoms with Crippen LogP contribution in [0.2, 0.25) is 0 Å². The fraction of sp³-hybridized carbons (Fsp3) is 0.500. The number of rotatable bonds is 7. The molecule has 2 unspecified atom stereocenters. The van der Waals surface area contributed by atoms with Gasteiger partial charge in [0.25, 0.3) is 0 Å². The molecule has 0 aliphatic rings. The lowest BCUT2D eigenvalue weighted by Crippen LogP contribution is -2.46. The van der Waals surface area contributed by atoms with Crippen LogP contribution in [0.25, 0.3) is 0 Å². The van der Waals surface area contributed by atoms with Gasteiger partial charge >= 0.3 is 5.97 Å². The first-order chi connectivity index (χ1) is 9.95. The van der Waals surface area contributed by atoms with E-state index in [2.05, 4.69) is 10.6 Å². The molecule has 0 aliphatic heterocycles. The van der Waals surface area contributed by atoms with Crippen molar-refractivity contribution >= 4 is 11.9 Å². The van der Waals surface area contributed by atoms with Crippen molar-refractivity contribution in [3.05, 3.63) is 35.9 Å². The molecule has 0 saturated carbocycles. The van der Waals surface area contributed by atoms with Crippen LogP contribution in [0.4, 0.5) is 0 Å².